The normalized spacial score (nSPS) is 26.7. The molecule has 0 saturated carbocycles. The minimum absolute atomic E-state index is 0.272. The van der Waals surface area contributed by atoms with E-state index < -0.39 is 0 Å². The smallest absolute Gasteiger partial charge is 0.0933 e. The molecule has 3 nitrogen and oxygen atoms in total. The van der Waals surface area contributed by atoms with E-state index in [9.17, 15) is 0 Å². The summed E-state index contributed by atoms with van der Waals surface area (Å²) in [7, 11) is 0. The molecule has 0 spiro atoms. The highest BCUT2D eigenvalue weighted by molar-refractivity contribution is 4.65. The van der Waals surface area contributed by atoms with Gasteiger partial charge < -0.3 is 14.8 Å². The molecule has 60 valence electrons. The fourth-order valence-electron chi connectivity index (χ4n) is 0.976. The Hall–Kier alpha value is -0.120. The lowest BCUT2D eigenvalue weighted by Crippen LogP contribution is -2.40. The van der Waals surface area contributed by atoms with Crippen LogP contribution in [0.2, 0.25) is 0 Å². The minimum Gasteiger partial charge on any atom is -0.379 e. The zero-order valence-electron chi connectivity index (χ0n) is 6.43. The molecule has 0 radical (unpaired) electrons. The molecule has 0 aromatic carbocycles. The van der Waals surface area contributed by atoms with Crippen molar-refractivity contribution in [1.82, 2.24) is 5.32 Å². The van der Waals surface area contributed by atoms with E-state index in [2.05, 4.69) is 5.32 Å². The van der Waals surface area contributed by atoms with Crippen LogP contribution in [0.5, 0.6) is 0 Å². The van der Waals surface area contributed by atoms with Gasteiger partial charge in [0.05, 0.1) is 19.3 Å². The molecule has 1 fully saturated rings. The molecule has 1 heterocycles. The Kier molecular flexibility index (Phi) is 3.72. The molecular formula is C7H15NO2. The van der Waals surface area contributed by atoms with Gasteiger partial charge >= 0.3 is 0 Å². The Morgan fingerprint density at radius 3 is 3.20 bits per heavy atom. The van der Waals surface area contributed by atoms with Crippen LogP contribution in [0.15, 0.2) is 0 Å². The van der Waals surface area contributed by atoms with Gasteiger partial charge in [-0.2, -0.15) is 0 Å². The third kappa shape index (κ3) is 2.64. The third-order valence-corrected chi connectivity index (χ3v) is 1.51. The van der Waals surface area contributed by atoms with Crippen LogP contribution in [-0.2, 0) is 9.47 Å². The molecule has 1 saturated heterocycles. The average molecular weight is 145 g/mol. The summed E-state index contributed by atoms with van der Waals surface area (Å²) in [6, 6.07) is 0. The molecule has 0 unspecified atom stereocenters. The Bertz CT molecular complexity index is 81.7. The number of nitrogens with one attached hydrogen (secondary N) is 1. The van der Waals surface area contributed by atoms with Crippen molar-refractivity contribution in [3.63, 3.8) is 0 Å². The van der Waals surface area contributed by atoms with Crippen molar-refractivity contribution in [2.24, 2.45) is 0 Å². The number of ether oxygens (including phenoxy) is 2. The van der Waals surface area contributed by atoms with E-state index >= 15 is 0 Å². The fourth-order valence-corrected chi connectivity index (χ4v) is 0.976. The maximum absolute atomic E-state index is 5.39. The van der Waals surface area contributed by atoms with Gasteiger partial charge in [-0.05, 0) is 6.92 Å². The average Bonchev–Trinajstić information content (AvgIpc) is 2.03. The zero-order chi connectivity index (χ0) is 7.23. The van der Waals surface area contributed by atoms with Crippen LogP contribution in [0.25, 0.3) is 0 Å². The van der Waals surface area contributed by atoms with Crippen LogP contribution >= 0.6 is 0 Å². The lowest BCUT2D eigenvalue weighted by Gasteiger charge is -2.22. The predicted octanol–water partition coefficient (Wildman–Crippen LogP) is 0.0113. The lowest BCUT2D eigenvalue weighted by atomic mass is 10.3. The van der Waals surface area contributed by atoms with E-state index in [4.69, 9.17) is 9.47 Å². The number of rotatable bonds is 3. The molecule has 1 aliphatic heterocycles. The summed E-state index contributed by atoms with van der Waals surface area (Å²) >= 11 is 0. The van der Waals surface area contributed by atoms with Crippen LogP contribution in [0.4, 0.5) is 0 Å². The topological polar surface area (TPSA) is 30.5 Å². The Balaban J connectivity index is 2.02. The first-order chi connectivity index (χ1) is 4.93. The quantitative estimate of drug-likeness (QED) is 0.607. The monoisotopic (exact) mass is 145 g/mol. The fraction of sp³-hybridized carbons (Fsp3) is 1.00. The van der Waals surface area contributed by atoms with Gasteiger partial charge in [-0.3, -0.25) is 0 Å². The summed E-state index contributed by atoms with van der Waals surface area (Å²) in [5.74, 6) is 0. The van der Waals surface area contributed by atoms with Crippen LogP contribution in [-0.4, -0.2) is 39.0 Å². The molecule has 1 rings (SSSR count). The third-order valence-electron chi connectivity index (χ3n) is 1.51. The first-order valence-corrected chi connectivity index (χ1v) is 3.83. The number of morpholine rings is 1. The van der Waals surface area contributed by atoms with Gasteiger partial charge in [0.2, 0.25) is 0 Å². The minimum atomic E-state index is 0.272. The van der Waals surface area contributed by atoms with Crippen molar-refractivity contribution >= 4 is 0 Å². The molecule has 1 aliphatic rings. The predicted molar refractivity (Wildman–Crippen MR) is 39.1 cm³/mol. The van der Waals surface area contributed by atoms with Gasteiger partial charge in [-0.25, -0.2) is 0 Å². The largest absolute Gasteiger partial charge is 0.379 e. The Morgan fingerprint density at radius 2 is 2.60 bits per heavy atom. The molecule has 1 N–H and O–H groups in total. The highest BCUT2D eigenvalue weighted by Gasteiger charge is 2.11. The molecule has 10 heavy (non-hydrogen) atoms. The molecule has 1 atom stereocenters. The van der Waals surface area contributed by atoms with Crippen LogP contribution in [0, 0.1) is 0 Å². The van der Waals surface area contributed by atoms with Crippen molar-refractivity contribution in [3.8, 4) is 0 Å². The first kappa shape index (κ1) is 7.98. The summed E-state index contributed by atoms with van der Waals surface area (Å²) in [6.07, 6.45) is 0.272. The van der Waals surface area contributed by atoms with Crippen molar-refractivity contribution in [1.29, 1.82) is 0 Å². The van der Waals surface area contributed by atoms with E-state index in [1.54, 1.807) is 0 Å². The van der Waals surface area contributed by atoms with Crippen molar-refractivity contribution in [2.75, 3.05) is 32.9 Å². The van der Waals surface area contributed by atoms with Gasteiger partial charge in [0.25, 0.3) is 0 Å². The van der Waals surface area contributed by atoms with Gasteiger partial charge in [-0.15, -0.1) is 0 Å². The molecule has 0 aliphatic carbocycles. The van der Waals surface area contributed by atoms with Gasteiger partial charge in [0, 0.05) is 19.7 Å². The van der Waals surface area contributed by atoms with Gasteiger partial charge in [0.1, 0.15) is 0 Å². The maximum Gasteiger partial charge on any atom is 0.0933 e. The van der Waals surface area contributed by atoms with Gasteiger partial charge in [-0.1, -0.05) is 0 Å². The number of hydrogen-bond donors (Lipinski definition) is 1. The second-order valence-electron chi connectivity index (χ2n) is 2.36. The Morgan fingerprint density at radius 1 is 1.70 bits per heavy atom. The molecular weight excluding hydrogens is 130 g/mol. The molecule has 0 bridgehead atoms. The van der Waals surface area contributed by atoms with E-state index in [1.807, 2.05) is 6.92 Å². The maximum atomic E-state index is 5.39. The second kappa shape index (κ2) is 4.66. The zero-order valence-corrected chi connectivity index (χ0v) is 6.43. The second-order valence-corrected chi connectivity index (χ2v) is 2.36. The summed E-state index contributed by atoms with van der Waals surface area (Å²) in [6.45, 7) is 6.22. The molecule has 0 aromatic rings. The number of hydrogen-bond acceptors (Lipinski definition) is 3. The highest BCUT2D eigenvalue weighted by atomic mass is 16.5. The summed E-state index contributed by atoms with van der Waals surface area (Å²) in [4.78, 5) is 0. The van der Waals surface area contributed by atoms with Crippen molar-refractivity contribution in [2.45, 2.75) is 13.0 Å². The SMILES string of the molecule is CCOC[C@H]1CNCCO1. The van der Waals surface area contributed by atoms with E-state index in [1.165, 1.54) is 0 Å². The van der Waals surface area contributed by atoms with Crippen LogP contribution < -0.4 is 5.32 Å². The van der Waals surface area contributed by atoms with Crippen LogP contribution in [0.1, 0.15) is 6.92 Å². The van der Waals surface area contributed by atoms with E-state index in [-0.39, 0.29) is 6.10 Å². The highest BCUT2D eigenvalue weighted by Crippen LogP contribution is 1.95. The lowest BCUT2D eigenvalue weighted by molar-refractivity contribution is -0.0287. The molecule has 3 heteroatoms. The van der Waals surface area contributed by atoms with Crippen LogP contribution in [0.3, 0.4) is 0 Å². The van der Waals surface area contributed by atoms with Crippen molar-refractivity contribution in [3.05, 3.63) is 0 Å². The van der Waals surface area contributed by atoms with E-state index in [0.717, 1.165) is 32.9 Å². The first-order valence-electron chi connectivity index (χ1n) is 3.83. The summed E-state index contributed by atoms with van der Waals surface area (Å²) in [5, 5.41) is 3.24. The summed E-state index contributed by atoms with van der Waals surface area (Å²) in [5.41, 5.74) is 0. The molecule has 0 aromatic heterocycles. The Labute approximate surface area is 61.7 Å². The van der Waals surface area contributed by atoms with E-state index in [0.29, 0.717) is 0 Å². The standard InChI is InChI=1S/C7H15NO2/c1-2-9-6-7-5-8-3-4-10-7/h7-8H,2-6H2,1H3/t7-/m1/s1. The van der Waals surface area contributed by atoms with Crippen molar-refractivity contribution < 1.29 is 9.47 Å². The van der Waals surface area contributed by atoms with Gasteiger partial charge in [0.15, 0.2) is 0 Å². The molecule has 0 amide bonds. The summed E-state index contributed by atoms with van der Waals surface area (Å²) < 4.78 is 10.6.